The summed E-state index contributed by atoms with van der Waals surface area (Å²) >= 11 is 0. The van der Waals surface area contributed by atoms with E-state index in [1.54, 1.807) is 0 Å². The van der Waals surface area contributed by atoms with Crippen molar-refractivity contribution in [2.24, 2.45) is 0 Å². The Hall–Kier alpha value is -1.20. The van der Waals surface area contributed by atoms with Crippen molar-refractivity contribution in [3.63, 3.8) is 0 Å². The Morgan fingerprint density at radius 1 is 1.42 bits per heavy atom. The Labute approximate surface area is 116 Å². The van der Waals surface area contributed by atoms with E-state index in [1.807, 2.05) is 12.4 Å². The fourth-order valence-electron chi connectivity index (χ4n) is 2.51. The highest BCUT2D eigenvalue weighted by atomic mass is 15.2. The molecule has 2 rings (SSSR count). The molecule has 0 aromatic carbocycles. The maximum atomic E-state index is 4.50. The van der Waals surface area contributed by atoms with E-state index >= 15 is 0 Å². The van der Waals surface area contributed by atoms with Crippen molar-refractivity contribution in [1.82, 2.24) is 20.2 Å². The van der Waals surface area contributed by atoms with Crippen LogP contribution >= 0.6 is 0 Å². The van der Waals surface area contributed by atoms with E-state index in [1.165, 1.54) is 19.4 Å². The molecule has 19 heavy (non-hydrogen) atoms. The fraction of sp³-hybridized carbons (Fsp3) is 0.714. The second-order valence-electron chi connectivity index (χ2n) is 5.30. The van der Waals surface area contributed by atoms with Crippen LogP contribution in [0, 0.1) is 0 Å². The molecule has 0 radical (unpaired) electrons. The zero-order valence-electron chi connectivity index (χ0n) is 12.3. The zero-order chi connectivity index (χ0) is 13.7. The number of hydrogen-bond donors (Lipinski definition) is 1. The predicted octanol–water partition coefficient (Wildman–Crippen LogP) is 1.12. The number of nitrogens with zero attached hydrogens (tertiary/aromatic N) is 4. The van der Waals surface area contributed by atoms with Gasteiger partial charge in [0, 0.05) is 26.2 Å². The van der Waals surface area contributed by atoms with Crippen LogP contribution in [0.15, 0.2) is 12.4 Å². The molecule has 0 amide bonds. The van der Waals surface area contributed by atoms with E-state index in [-0.39, 0.29) is 0 Å². The van der Waals surface area contributed by atoms with Gasteiger partial charge >= 0.3 is 0 Å². The third-order valence-corrected chi connectivity index (χ3v) is 3.80. The van der Waals surface area contributed by atoms with Crippen LogP contribution in [0.25, 0.3) is 0 Å². The topological polar surface area (TPSA) is 44.3 Å². The molecule has 1 unspecified atom stereocenters. The largest absolute Gasteiger partial charge is 0.357 e. The van der Waals surface area contributed by atoms with Crippen molar-refractivity contribution < 1.29 is 0 Å². The van der Waals surface area contributed by atoms with Gasteiger partial charge in [-0.15, -0.1) is 0 Å². The van der Waals surface area contributed by atoms with E-state index in [0.717, 1.165) is 31.1 Å². The number of nitrogens with one attached hydrogen (secondary N) is 1. The van der Waals surface area contributed by atoms with Gasteiger partial charge in [-0.3, -0.25) is 4.98 Å². The van der Waals surface area contributed by atoms with Crippen LogP contribution in [0.1, 0.15) is 25.5 Å². The molecule has 0 bridgehead atoms. The number of likely N-dealkylation sites (N-methyl/N-ethyl adjacent to an activating group) is 2. The van der Waals surface area contributed by atoms with Gasteiger partial charge in [0.05, 0.1) is 18.1 Å². The number of anilines is 1. The molecular formula is C14H25N5. The minimum Gasteiger partial charge on any atom is -0.357 e. The molecule has 1 fully saturated rings. The zero-order valence-corrected chi connectivity index (χ0v) is 12.3. The first kappa shape index (κ1) is 14.2. The van der Waals surface area contributed by atoms with Gasteiger partial charge in [-0.05, 0) is 33.0 Å². The highest BCUT2D eigenvalue weighted by molar-refractivity contribution is 5.34. The SMILES string of the molecule is CCNCc1cnc(N(C)CC2CCCN2C)cn1. The van der Waals surface area contributed by atoms with Gasteiger partial charge < -0.3 is 15.1 Å². The molecule has 106 valence electrons. The van der Waals surface area contributed by atoms with Crippen LogP contribution in [-0.2, 0) is 6.54 Å². The lowest BCUT2D eigenvalue weighted by molar-refractivity contribution is 0.314. The monoisotopic (exact) mass is 263 g/mol. The normalized spacial score (nSPS) is 19.8. The molecule has 1 N–H and O–H groups in total. The number of hydrogen-bond acceptors (Lipinski definition) is 5. The second-order valence-corrected chi connectivity index (χ2v) is 5.30. The average molecular weight is 263 g/mol. The summed E-state index contributed by atoms with van der Waals surface area (Å²) in [6, 6.07) is 0.647. The summed E-state index contributed by atoms with van der Waals surface area (Å²) in [5, 5.41) is 3.26. The first-order valence-corrected chi connectivity index (χ1v) is 7.13. The molecule has 2 heterocycles. The maximum Gasteiger partial charge on any atom is 0.146 e. The quantitative estimate of drug-likeness (QED) is 0.833. The lowest BCUT2D eigenvalue weighted by Gasteiger charge is -2.26. The van der Waals surface area contributed by atoms with Crippen molar-refractivity contribution in [3.05, 3.63) is 18.1 Å². The number of likely N-dealkylation sites (tertiary alicyclic amines) is 1. The van der Waals surface area contributed by atoms with Crippen LogP contribution < -0.4 is 10.2 Å². The van der Waals surface area contributed by atoms with Crippen LogP contribution in [0.4, 0.5) is 5.82 Å². The highest BCUT2D eigenvalue weighted by Gasteiger charge is 2.22. The fourth-order valence-corrected chi connectivity index (χ4v) is 2.51. The van der Waals surface area contributed by atoms with E-state index in [2.05, 4.69) is 46.1 Å². The van der Waals surface area contributed by atoms with Crippen molar-refractivity contribution in [1.29, 1.82) is 0 Å². The summed E-state index contributed by atoms with van der Waals surface area (Å²) < 4.78 is 0. The van der Waals surface area contributed by atoms with Crippen LogP contribution in [0.5, 0.6) is 0 Å². The molecule has 5 heteroatoms. The Morgan fingerprint density at radius 3 is 2.84 bits per heavy atom. The lowest BCUT2D eigenvalue weighted by Crippen LogP contribution is -2.37. The van der Waals surface area contributed by atoms with Gasteiger partial charge in [0.1, 0.15) is 5.82 Å². The number of rotatable bonds is 6. The Balaban J connectivity index is 1.89. The Kier molecular flexibility index (Phi) is 5.10. The first-order chi connectivity index (χ1) is 9.20. The van der Waals surface area contributed by atoms with Gasteiger partial charge in [0.25, 0.3) is 0 Å². The van der Waals surface area contributed by atoms with Crippen molar-refractivity contribution >= 4 is 5.82 Å². The van der Waals surface area contributed by atoms with Crippen molar-refractivity contribution in [2.45, 2.75) is 32.4 Å². The van der Waals surface area contributed by atoms with Gasteiger partial charge in [0.15, 0.2) is 0 Å². The minimum atomic E-state index is 0.647. The van der Waals surface area contributed by atoms with Crippen molar-refractivity contribution in [2.75, 3.05) is 38.6 Å². The average Bonchev–Trinajstić information content (AvgIpc) is 2.82. The maximum absolute atomic E-state index is 4.50. The highest BCUT2D eigenvalue weighted by Crippen LogP contribution is 2.17. The minimum absolute atomic E-state index is 0.647. The van der Waals surface area contributed by atoms with E-state index in [9.17, 15) is 0 Å². The molecule has 1 aliphatic heterocycles. The molecule has 1 aliphatic rings. The molecular weight excluding hydrogens is 238 g/mol. The van der Waals surface area contributed by atoms with E-state index in [4.69, 9.17) is 0 Å². The Morgan fingerprint density at radius 2 is 2.26 bits per heavy atom. The smallest absolute Gasteiger partial charge is 0.146 e. The Bertz CT molecular complexity index is 378. The molecule has 0 spiro atoms. The standard InChI is InChI=1S/C14H25N5/c1-4-15-8-12-9-17-14(10-16-12)19(3)11-13-6-5-7-18(13)2/h9-10,13,15H,4-8,11H2,1-3H3. The summed E-state index contributed by atoms with van der Waals surface area (Å²) in [6.45, 7) is 6.08. The molecule has 0 aliphatic carbocycles. The van der Waals surface area contributed by atoms with Gasteiger partial charge in [-0.25, -0.2) is 4.98 Å². The molecule has 1 aromatic rings. The van der Waals surface area contributed by atoms with Crippen LogP contribution in [0.3, 0.4) is 0 Å². The van der Waals surface area contributed by atoms with Crippen LogP contribution in [-0.4, -0.2) is 54.6 Å². The van der Waals surface area contributed by atoms with Crippen molar-refractivity contribution in [3.8, 4) is 0 Å². The third kappa shape index (κ3) is 3.88. The molecule has 1 saturated heterocycles. The number of aromatic nitrogens is 2. The molecule has 0 saturated carbocycles. The van der Waals surface area contributed by atoms with Gasteiger partial charge in [-0.2, -0.15) is 0 Å². The summed E-state index contributed by atoms with van der Waals surface area (Å²) in [6.07, 6.45) is 6.34. The third-order valence-electron chi connectivity index (χ3n) is 3.80. The van der Waals surface area contributed by atoms with Gasteiger partial charge in [0.2, 0.25) is 0 Å². The second kappa shape index (κ2) is 6.82. The summed E-state index contributed by atoms with van der Waals surface area (Å²) in [5.74, 6) is 0.959. The summed E-state index contributed by atoms with van der Waals surface area (Å²) in [4.78, 5) is 13.6. The van der Waals surface area contributed by atoms with E-state index < -0.39 is 0 Å². The molecule has 1 atom stereocenters. The first-order valence-electron chi connectivity index (χ1n) is 7.13. The molecule has 1 aromatic heterocycles. The van der Waals surface area contributed by atoms with Gasteiger partial charge in [-0.1, -0.05) is 6.92 Å². The lowest BCUT2D eigenvalue weighted by atomic mass is 10.2. The van der Waals surface area contributed by atoms with E-state index in [0.29, 0.717) is 6.04 Å². The summed E-state index contributed by atoms with van der Waals surface area (Å²) in [7, 11) is 4.30. The molecule has 5 nitrogen and oxygen atoms in total. The predicted molar refractivity (Wildman–Crippen MR) is 78.3 cm³/mol. The summed E-state index contributed by atoms with van der Waals surface area (Å²) in [5.41, 5.74) is 0.997. The van der Waals surface area contributed by atoms with Crippen LogP contribution in [0.2, 0.25) is 0 Å².